The molecule has 0 aliphatic carbocycles. The van der Waals surface area contributed by atoms with Gasteiger partial charge in [-0.05, 0) is 48.5 Å². The molecule has 184 valence electrons. The lowest BCUT2D eigenvalue weighted by Gasteiger charge is -2.14. The van der Waals surface area contributed by atoms with Gasteiger partial charge in [0.25, 0.3) is 0 Å². The highest BCUT2D eigenvalue weighted by atomic mass is 35.5. The number of ketones is 2. The quantitative estimate of drug-likeness (QED) is 0.368. The number of halogens is 2. The van der Waals surface area contributed by atoms with E-state index in [2.05, 4.69) is 4.98 Å². The third-order valence-electron chi connectivity index (χ3n) is 5.30. The first-order valence-electron chi connectivity index (χ1n) is 10.8. The van der Waals surface area contributed by atoms with Gasteiger partial charge in [0.05, 0.1) is 25.8 Å². The standard InChI is InChI=1S/C26H25ClFNO6/c1-15(12-21(31)16-5-8-22(35-11-10-30)24(14-16)34-3)26(32)20-7-9-23(33-2)25(29-20)17-4-6-19(28)18(27)13-17/h4-9,13-15,30H,10-12H2,1-3H3/t15-/m1/s1. The van der Waals surface area contributed by atoms with Crippen molar-refractivity contribution in [3.63, 3.8) is 0 Å². The minimum Gasteiger partial charge on any atom is -0.494 e. The Morgan fingerprint density at radius 3 is 2.40 bits per heavy atom. The molecule has 1 heterocycles. The van der Waals surface area contributed by atoms with Crippen LogP contribution in [0.4, 0.5) is 4.39 Å². The van der Waals surface area contributed by atoms with E-state index in [0.717, 1.165) is 0 Å². The van der Waals surface area contributed by atoms with Crippen molar-refractivity contribution in [2.45, 2.75) is 13.3 Å². The van der Waals surface area contributed by atoms with Crippen molar-refractivity contribution in [1.29, 1.82) is 0 Å². The van der Waals surface area contributed by atoms with Crippen LogP contribution in [0, 0.1) is 11.7 Å². The second kappa shape index (κ2) is 11.8. The minimum atomic E-state index is -0.663. The predicted octanol–water partition coefficient (Wildman–Crippen LogP) is 5.02. The van der Waals surface area contributed by atoms with E-state index in [1.165, 1.54) is 44.6 Å². The van der Waals surface area contributed by atoms with Crippen LogP contribution in [0.25, 0.3) is 11.3 Å². The van der Waals surface area contributed by atoms with Gasteiger partial charge in [-0.2, -0.15) is 0 Å². The fourth-order valence-corrected chi connectivity index (χ4v) is 3.64. The maximum atomic E-state index is 13.6. The van der Waals surface area contributed by atoms with Crippen LogP contribution in [0.5, 0.6) is 17.2 Å². The molecule has 3 aromatic rings. The SMILES string of the molecule is COc1cc(C(=O)C[C@@H](C)C(=O)c2ccc(OC)c(-c3ccc(F)c(Cl)c3)n2)ccc1OCCO. The van der Waals surface area contributed by atoms with Gasteiger partial charge in [-0.3, -0.25) is 9.59 Å². The highest BCUT2D eigenvalue weighted by molar-refractivity contribution is 6.31. The molecule has 9 heteroatoms. The monoisotopic (exact) mass is 501 g/mol. The van der Waals surface area contributed by atoms with Gasteiger partial charge in [0.2, 0.25) is 0 Å². The number of carbonyl (C=O) groups is 2. The van der Waals surface area contributed by atoms with Crippen molar-refractivity contribution in [3.05, 3.63) is 70.6 Å². The van der Waals surface area contributed by atoms with E-state index in [1.54, 1.807) is 25.1 Å². The first-order chi connectivity index (χ1) is 16.8. The molecular weight excluding hydrogens is 477 g/mol. The van der Waals surface area contributed by atoms with Crippen LogP contribution in [-0.2, 0) is 0 Å². The smallest absolute Gasteiger partial charge is 0.184 e. The summed E-state index contributed by atoms with van der Waals surface area (Å²) in [5.74, 6) is -0.672. The second-order valence-electron chi connectivity index (χ2n) is 7.71. The average Bonchev–Trinajstić information content (AvgIpc) is 2.87. The summed E-state index contributed by atoms with van der Waals surface area (Å²) in [7, 11) is 2.91. The van der Waals surface area contributed by atoms with Gasteiger partial charge in [-0.1, -0.05) is 18.5 Å². The molecular formula is C26H25ClFNO6. The number of Topliss-reactive ketones (excluding diaryl/α,β-unsaturated/α-hetero) is 2. The number of benzene rings is 2. The zero-order chi connectivity index (χ0) is 25.5. The predicted molar refractivity (Wildman–Crippen MR) is 129 cm³/mol. The molecule has 0 unspecified atom stereocenters. The summed E-state index contributed by atoms with van der Waals surface area (Å²) in [5.41, 5.74) is 1.33. The van der Waals surface area contributed by atoms with Crippen molar-refractivity contribution in [3.8, 4) is 28.5 Å². The number of aromatic nitrogens is 1. The van der Waals surface area contributed by atoms with Gasteiger partial charge >= 0.3 is 0 Å². The Bertz CT molecular complexity index is 1230. The number of methoxy groups -OCH3 is 2. The lowest BCUT2D eigenvalue weighted by Crippen LogP contribution is -2.17. The van der Waals surface area contributed by atoms with E-state index in [-0.39, 0.29) is 41.9 Å². The number of rotatable bonds is 11. The van der Waals surface area contributed by atoms with Gasteiger partial charge < -0.3 is 19.3 Å². The summed E-state index contributed by atoms with van der Waals surface area (Å²) in [6.07, 6.45) is -0.0513. The molecule has 1 atom stereocenters. The molecule has 35 heavy (non-hydrogen) atoms. The molecule has 0 bridgehead atoms. The number of hydrogen-bond donors (Lipinski definition) is 1. The fourth-order valence-electron chi connectivity index (χ4n) is 3.46. The number of pyridine rings is 1. The van der Waals surface area contributed by atoms with Gasteiger partial charge in [-0.15, -0.1) is 0 Å². The van der Waals surface area contributed by atoms with Crippen molar-refractivity contribution in [2.75, 3.05) is 27.4 Å². The van der Waals surface area contributed by atoms with Crippen LogP contribution < -0.4 is 14.2 Å². The number of carbonyl (C=O) groups excluding carboxylic acids is 2. The number of nitrogens with zero attached hydrogens (tertiary/aromatic N) is 1. The molecule has 0 spiro atoms. The Morgan fingerprint density at radius 2 is 1.74 bits per heavy atom. The third kappa shape index (κ3) is 6.15. The van der Waals surface area contributed by atoms with Crippen LogP contribution in [0.2, 0.25) is 5.02 Å². The summed E-state index contributed by atoms with van der Waals surface area (Å²) in [6.45, 7) is 1.59. The topological polar surface area (TPSA) is 95.0 Å². The summed E-state index contributed by atoms with van der Waals surface area (Å²) < 4.78 is 29.6. The highest BCUT2D eigenvalue weighted by Gasteiger charge is 2.23. The first-order valence-corrected chi connectivity index (χ1v) is 11.2. The van der Waals surface area contributed by atoms with Gasteiger partial charge in [-0.25, -0.2) is 9.37 Å². The molecule has 0 amide bonds. The summed E-state index contributed by atoms with van der Waals surface area (Å²) in [6, 6.07) is 11.9. The Labute approximate surface area is 207 Å². The zero-order valence-corrected chi connectivity index (χ0v) is 20.3. The minimum absolute atomic E-state index is 0.0513. The molecule has 0 saturated carbocycles. The lowest BCUT2D eigenvalue weighted by molar-refractivity contribution is 0.0859. The van der Waals surface area contributed by atoms with Gasteiger partial charge in [0.15, 0.2) is 23.1 Å². The van der Waals surface area contributed by atoms with Crippen molar-refractivity contribution in [2.24, 2.45) is 5.92 Å². The number of hydrogen-bond acceptors (Lipinski definition) is 7. The van der Waals surface area contributed by atoms with E-state index in [0.29, 0.717) is 34.1 Å². The summed E-state index contributed by atoms with van der Waals surface area (Å²) >= 11 is 5.91. The van der Waals surface area contributed by atoms with Crippen LogP contribution >= 0.6 is 11.6 Å². The van der Waals surface area contributed by atoms with Crippen molar-refractivity contribution < 1.29 is 33.3 Å². The first kappa shape index (κ1) is 26.1. The van der Waals surface area contributed by atoms with E-state index in [4.69, 9.17) is 30.9 Å². The molecule has 1 N–H and O–H groups in total. The van der Waals surface area contributed by atoms with E-state index < -0.39 is 11.7 Å². The molecule has 1 aromatic heterocycles. The molecule has 3 rings (SSSR count). The van der Waals surface area contributed by atoms with Gasteiger partial charge in [0.1, 0.15) is 29.6 Å². The van der Waals surface area contributed by atoms with Crippen molar-refractivity contribution in [1.82, 2.24) is 4.98 Å². The van der Waals surface area contributed by atoms with Crippen LogP contribution in [0.1, 0.15) is 34.2 Å². The molecule has 0 saturated heterocycles. The lowest BCUT2D eigenvalue weighted by atomic mass is 9.94. The van der Waals surface area contributed by atoms with Crippen LogP contribution in [0.3, 0.4) is 0 Å². The molecule has 0 radical (unpaired) electrons. The van der Waals surface area contributed by atoms with Crippen molar-refractivity contribution >= 4 is 23.2 Å². The summed E-state index contributed by atoms with van der Waals surface area (Å²) in [4.78, 5) is 30.4. The Balaban J connectivity index is 1.80. The summed E-state index contributed by atoms with van der Waals surface area (Å²) in [5, 5.41) is 8.85. The normalized spacial score (nSPS) is 11.6. The largest absolute Gasteiger partial charge is 0.494 e. The molecule has 2 aromatic carbocycles. The molecule has 0 fully saturated rings. The third-order valence-corrected chi connectivity index (χ3v) is 5.59. The van der Waals surface area contributed by atoms with E-state index in [1.807, 2.05) is 0 Å². The number of aliphatic hydroxyl groups excluding tert-OH is 1. The van der Waals surface area contributed by atoms with Gasteiger partial charge in [0, 0.05) is 23.5 Å². The van der Waals surface area contributed by atoms with E-state index in [9.17, 15) is 14.0 Å². The Hall–Kier alpha value is -3.49. The number of aliphatic hydroxyl groups is 1. The number of ether oxygens (including phenoxy) is 3. The molecule has 7 nitrogen and oxygen atoms in total. The second-order valence-corrected chi connectivity index (χ2v) is 8.11. The Kier molecular flexibility index (Phi) is 8.78. The highest BCUT2D eigenvalue weighted by Crippen LogP contribution is 2.32. The zero-order valence-electron chi connectivity index (χ0n) is 19.5. The average molecular weight is 502 g/mol. The van der Waals surface area contributed by atoms with E-state index >= 15 is 0 Å². The fraction of sp³-hybridized carbons (Fsp3) is 0.269. The maximum Gasteiger partial charge on any atom is 0.184 e. The maximum absolute atomic E-state index is 13.6. The van der Waals surface area contributed by atoms with Crippen LogP contribution in [0.15, 0.2) is 48.5 Å². The Morgan fingerprint density at radius 1 is 1.03 bits per heavy atom. The molecule has 0 aliphatic heterocycles. The van der Waals surface area contributed by atoms with Crippen LogP contribution in [-0.4, -0.2) is 49.1 Å². The molecule has 0 aliphatic rings.